The van der Waals surface area contributed by atoms with Crippen molar-refractivity contribution in [2.24, 2.45) is 10.1 Å². The third-order valence-corrected chi connectivity index (χ3v) is 2.04. The van der Waals surface area contributed by atoms with Crippen molar-refractivity contribution >= 4 is 17.3 Å². The van der Waals surface area contributed by atoms with Crippen molar-refractivity contribution in [3.05, 3.63) is 0 Å². The van der Waals surface area contributed by atoms with Crippen LogP contribution in [0.25, 0.3) is 0 Å². The molecule has 54 valence electrons. The first kappa shape index (κ1) is 8.62. The lowest BCUT2D eigenvalue weighted by molar-refractivity contribution is 0.651. The van der Waals surface area contributed by atoms with Crippen LogP contribution in [0.2, 0.25) is 0 Å². The summed E-state index contributed by atoms with van der Waals surface area (Å²) in [6, 6.07) is 0. The van der Waals surface area contributed by atoms with E-state index in [0.717, 1.165) is 6.34 Å². The minimum atomic E-state index is -1.19. The third-order valence-electron chi connectivity index (χ3n) is 0.680. The lowest BCUT2D eigenvalue weighted by Gasteiger charge is -2.11. The van der Waals surface area contributed by atoms with Gasteiger partial charge in [0.25, 0.3) is 0 Å². The van der Waals surface area contributed by atoms with E-state index < -0.39 is 11.0 Å². The van der Waals surface area contributed by atoms with E-state index in [9.17, 15) is 4.21 Å². The molecule has 3 nitrogen and oxygen atoms in total. The number of nitrogens with zero attached hydrogens (tertiary/aromatic N) is 1. The molecule has 4 heteroatoms. The molecule has 0 amide bonds. The molecule has 2 N–H and O–H groups in total. The smallest absolute Gasteiger partial charge is 0.146 e. The highest BCUT2D eigenvalue weighted by Crippen LogP contribution is 2.10. The molecule has 0 aliphatic rings. The fourth-order valence-corrected chi connectivity index (χ4v) is 0.640. The molecule has 0 saturated heterocycles. The van der Waals surface area contributed by atoms with Crippen LogP contribution in [-0.2, 0) is 11.0 Å². The van der Waals surface area contributed by atoms with Gasteiger partial charge in [0, 0.05) is 0 Å². The van der Waals surface area contributed by atoms with Crippen LogP contribution in [0.1, 0.15) is 20.8 Å². The fraction of sp³-hybridized carbons (Fsp3) is 0.800. The predicted octanol–water partition coefficient (Wildman–Crippen LogP) is 0.436. The van der Waals surface area contributed by atoms with Gasteiger partial charge in [-0.05, 0) is 20.8 Å². The highest BCUT2D eigenvalue weighted by molar-refractivity contribution is 7.85. The summed E-state index contributed by atoms with van der Waals surface area (Å²) in [5.41, 5.74) is 4.94. The number of rotatable bonds is 1. The second-order valence-electron chi connectivity index (χ2n) is 2.62. The van der Waals surface area contributed by atoms with E-state index in [1.54, 1.807) is 0 Å². The third kappa shape index (κ3) is 3.24. The van der Waals surface area contributed by atoms with Gasteiger partial charge in [-0.25, -0.2) is 4.21 Å². The number of hydrogen-bond acceptors (Lipinski definition) is 1. The Kier molecular flexibility index (Phi) is 2.84. The zero-order chi connectivity index (χ0) is 7.49. The zero-order valence-corrected chi connectivity index (χ0v) is 6.73. The van der Waals surface area contributed by atoms with Crippen molar-refractivity contribution < 1.29 is 4.21 Å². The van der Waals surface area contributed by atoms with E-state index in [0.29, 0.717) is 0 Å². The first-order valence-corrected chi connectivity index (χ1v) is 3.75. The van der Waals surface area contributed by atoms with Crippen LogP contribution in [0.3, 0.4) is 0 Å². The second kappa shape index (κ2) is 2.96. The second-order valence-corrected chi connectivity index (χ2v) is 4.55. The quantitative estimate of drug-likeness (QED) is 0.433. The summed E-state index contributed by atoms with van der Waals surface area (Å²) < 4.78 is 14.1. The van der Waals surface area contributed by atoms with Gasteiger partial charge in [-0.3, -0.25) is 0 Å². The van der Waals surface area contributed by atoms with E-state index in [1.165, 1.54) is 0 Å². The Morgan fingerprint density at radius 3 is 2.11 bits per heavy atom. The summed E-state index contributed by atoms with van der Waals surface area (Å²) in [6.45, 7) is 5.53. The lowest BCUT2D eigenvalue weighted by Crippen LogP contribution is -2.20. The summed E-state index contributed by atoms with van der Waals surface area (Å²) >= 11 is 0. The monoisotopic (exact) mass is 148 g/mol. The zero-order valence-electron chi connectivity index (χ0n) is 5.92. The van der Waals surface area contributed by atoms with Gasteiger partial charge >= 0.3 is 0 Å². The molecule has 0 saturated carbocycles. The molecule has 0 heterocycles. The van der Waals surface area contributed by atoms with Gasteiger partial charge in [-0.15, -0.1) is 0 Å². The topological polar surface area (TPSA) is 55.5 Å². The maximum Gasteiger partial charge on any atom is 0.146 e. The number of nitrogens with two attached hydrogens (primary N) is 1. The molecule has 0 rings (SSSR count). The van der Waals surface area contributed by atoms with Crippen LogP contribution in [0.5, 0.6) is 0 Å². The molecular weight excluding hydrogens is 136 g/mol. The fourth-order valence-electron chi connectivity index (χ4n) is 0.213. The van der Waals surface area contributed by atoms with Crippen molar-refractivity contribution in [3.8, 4) is 0 Å². The van der Waals surface area contributed by atoms with Gasteiger partial charge in [0.1, 0.15) is 11.0 Å². The van der Waals surface area contributed by atoms with Crippen molar-refractivity contribution in [1.29, 1.82) is 0 Å². The number of hydrogen-bond donors (Lipinski definition) is 1. The van der Waals surface area contributed by atoms with Crippen LogP contribution in [-0.4, -0.2) is 15.3 Å². The molecule has 0 aliphatic carbocycles. The normalized spacial score (nSPS) is 16.3. The molecule has 0 aromatic heterocycles. The van der Waals surface area contributed by atoms with Crippen LogP contribution < -0.4 is 5.73 Å². The van der Waals surface area contributed by atoms with Gasteiger partial charge in [0.2, 0.25) is 0 Å². The summed E-state index contributed by atoms with van der Waals surface area (Å²) in [6.07, 6.45) is 1.07. The van der Waals surface area contributed by atoms with E-state index in [-0.39, 0.29) is 4.75 Å². The van der Waals surface area contributed by atoms with Gasteiger partial charge in [0.15, 0.2) is 0 Å². The molecule has 1 atom stereocenters. The first-order chi connectivity index (χ1) is 3.98. The van der Waals surface area contributed by atoms with Gasteiger partial charge in [-0.1, -0.05) is 0 Å². The maximum atomic E-state index is 10.9. The van der Waals surface area contributed by atoms with E-state index in [1.807, 2.05) is 20.8 Å². The summed E-state index contributed by atoms with van der Waals surface area (Å²) in [7, 11) is -1.19. The Morgan fingerprint density at radius 2 is 2.00 bits per heavy atom. The molecule has 0 spiro atoms. The summed E-state index contributed by atoms with van der Waals surface area (Å²) in [5.74, 6) is 0. The lowest BCUT2D eigenvalue weighted by atomic mass is 10.3. The summed E-state index contributed by atoms with van der Waals surface area (Å²) in [5, 5.41) is 0. The molecule has 0 aliphatic heterocycles. The molecule has 1 unspecified atom stereocenters. The van der Waals surface area contributed by atoms with Gasteiger partial charge in [-0.2, -0.15) is 4.40 Å². The van der Waals surface area contributed by atoms with Crippen LogP contribution >= 0.6 is 0 Å². The average Bonchev–Trinajstić information content (AvgIpc) is 1.64. The Hall–Kier alpha value is -0.380. The predicted molar refractivity (Wildman–Crippen MR) is 40.6 cm³/mol. The molecular formula is C5H12N2OS. The van der Waals surface area contributed by atoms with Crippen LogP contribution in [0, 0.1) is 0 Å². The van der Waals surface area contributed by atoms with Crippen molar-refractivity contribution in [1.82, 2.24) is 0 Å². The minimum Gasteiger partial charge on any atom is -0.389 e. The Balaban J connectivity index is 4.06. The molecule has 0 fully saturated rings. The van der Waals surface area contributed by atoms with Crippen LogP contribution in [0.15, 0.2) is 4.40 Å². The highest BCUT2D eigenvalue weighted by atomic mass is 32.2. The Labute approximate surface area is 57.9 Å². The molecule has 0 bridgehead atoms. The van der Waals surface area contributed by atoms with Crippen molar-refractivity contribution in [3.63, 3.8) is 0 Å². The standard InChI is InChI=1S/C5H12N2OS/c1-5(2,3)9(8)7-4-6/h4H,1-3H3,(H2,6,7). The first-order valence-electron chi connectivity index (χ1n) is 2.64. The van der Waals surface area contributed by atoms with Gasteiger partial charge in [0.05, 0.1) is 11.1 Å². The SMILES string of the molecule is CC(C)(C)S(=O)/N=C/N. The van der Waals surface area contributed by atoms with Crippen molar-refractivity contribution in [2.75, 3.05) is 0 Å². The van der Waals surface area contributed by atoms with Gasteiger partial charge < -0.3 is 5.73 Å². The maximum absolute atomic E-state index is 10.9. The van der Waals surface area contributed by atoms with E-state index in [2.05, 4.69) is 4.40 Å². The van der Waals surface area contributed by atoms with Crippen LogP contribution in [0.4, 0.5) is 0 Å². The van der Waals surface area contributed by atoms with E-state index >= 15 is 0 Å². The van der Waals surface area contributed by atoms with E-state index in [4.69, 9.17) is 5.73 Å². The Bertz CT molecular complexity index is 136. The minimum absolute atomic E-state index is 0.296. The average molecular weight is 148 g/mol. The molecule has 0 aromatic rings. The molecule has 0 aromatic carbocycles. The highest BCUT2D eigenvalue weighted by Gasteiger charge is 2.17. The van der Waals surface area contributed by atoms with Crippen molar-refractivity contribution in [2.45, 2.75) is 25.5 Å². The largest absolute Gasteiger partial charge is 0.389 e. The molecule has 9 heavy (non-hydrogen) atoms. The molecule has 0 radical (unpaired) electrons. The Morgan fingerprint density at radius 1 is 1.56 bits per heavy atom. The summed E-state index contributed by atoms with van der Waals surface area (Å²) in [4.78, 5) is 0.